The molecule has 82 valence electrons. The molecule has 2 saturated carbocycles. The van der Waals surface area contributed by atoms with Crippen molar-refractivity contribution in [1.29, 1.82) is 0 Å². The molecule has 0 aromatic rings. The van der Waals surface area contributed by atoms with Crippen molar-refractivity contribution in [3.05, 3.63) is 0 Å². The molecule has 14 heavy (non-hydrogen) atoms. The first-order valence-corrected chi connectivity index (χ1v) is 6.04. The summed E-state index contributed by atoms with van der Waals surface area (Å²) in [5, 5.41) is 13.2. The van der Waals surface area contributed by atoms with Crippen molar-refractivity contribution in [3.63, 3.8) is 0 Å². The summed E-state index contributed by atoms with van der Waals surface area (Å²) in [5.41, 5.74) is 0.00324. The van der Waals surface area contributed by atoms with E-state index in [2.05, 4.69) is 19.2 Å². The van der Waals surface area contributed by atoms with E-state index < -0.39 is 0 Å². The van der Waals surface area contributed by atoms with E-state index in [1.165, 1.54) is 32.1 Å². The Morgan fingerprint density at radius 1 is 1.29 bits per heavy atom. The smallest absolute Gasteiger partial charge is 0.0613 e. The molecular formula is C12H23NO. The maximum absolute atomic E-state index is 9.48. The highest BCUT2D eigenvalue weighted by molar-refractivity contribution is 5.00. The molecule has 2 aliphatic rings. The molecule has 2 N–H and O–H groups in total. The minimum atomic E-state index is 0.00324. The molecule has 0 aromatic carbocycles. The van der Waals surface area contributed by atoms with Crippen molar-refractivity contribution in [2.45, 2.75) is 57.5 Å². The Hall–Kier alpha value is -0.0800. The second kappa shape index (κ2) is 3.82. The minimum Gasteiger partial charge on any atom is -0.394 e. The van der Waals surface area contributed by atoms with Gasteiger partial charge in [0.05, 0.1) is 6.61 Å². The van der Waals surface area contributed by atoms with Crippen LogP contribution in [0.1, 0.15) is 46.0 Å². The molecule has 2 heteroatoms. The summed E-state index contributed by atoms with van der Waals surface area (Å²) in [6, 6.07) is 0.646. The lowest BCUT2D eigenvalue weighted by Gasteiger charge is -2.34. The van der Waals surface area contributed by atoms with Crippen LogP contribution in [0.4, 0.5) is 0 Å². The van der Waals surface area contributed by atoms with Gasteiger partial charge in [0, 0.05) is 11.6 Å². The third-order valence-corrected chi connectivity index (χ3v) is 4.18. The van der Waals surface area contributed by atoms with Gasteiger partial charge >= 0.3 is 0 Å². The van der Waals surface area contributed by atoms with Crippen LogP contribution in [-0.2, 0) is 0 Å². The van der Waals surface area contributed by atoms with Gasteiger partial charge in [0.25, 0.3) is 0 Å². The highest BCUT2D eigenvalue weighted by Gasteiger charge is 2.43. The van der Waals surface area contributed by atoms with Crippen LogP contribution in [0.15, 0.2) is 0 Å². The van der Waals surface area contributed by atoms with Gasteiger partial charge in [0.2, 0.25) is 0 Å². The Morgan fingerprint density at radius 3 is 2.43 bits per heavy atom. The van der Waals surface area contributed by atoms with Crippen LogP contribution in [0.2, 0.25) is 0 Å². The summed E-state index contributed by atoms with van der Waals surface area (Å²) in [6.07, 6.45) is 6.59. The Kier molecular flexibility index (Phi) is 2.85. The summed E-state index contributed by atoms with van der Waals surface area (Å²) in [4.78, 5) is 0. The zero-order chi connectivity index (χ0) is 10.2. The van der Waals surface area contributed by atoms with Gasteiger partial charge in [-0.1, -0.05) is 13.3 Å². The van der Waals surface area contributed by atoms with Crippen LogP contribution < -0.4 is 5.32 Å². The number of rotatable bonds is 4. The summed E-state index contributed by atoms with van der Waals surface area (Å²) in [7, 11) is 0. The molecule has 2 rings (SSSR count). The fraction of sp³-hybridized carbons (Fsp3) is 1.00. The van der Waals surface area contributed by atoms with Crippen molar-refractivity contribution < 1.29 is 5.11 Å². The highest BCUT2D eigenvalue weighted by Crippen LogP contribution is 2.40. The van der Waals surface area contributed by atoms with E-state index in [4.69, 9.17) is 0 Å². The van der Waals surface area contributed by atoms with Gasteiger partial charge in [0.15, 0.2) is 0 Å². The van der Waals surface area contributed by atoms with Gasteiger partial charge < -0.3 is 10.4 Å². The molecule has 0 aliphatic heterocycles. The zero-order valence-corrected chi connectivity index (χ0v) is 9.42. The fourth-order valence-corrected chi connectivity index (χ4v) is 2.80. The number of aliphatic hydroxyl groups excluding tert-OH is 1. The molecule has 0 bridgehead atoms. The number of aliphatic hydroxyl groups is 1. The molecule has 2 nitrogen and oxygen atoms in total. The van der Waals surface area contributed by atoms with Gasteiger partial charge in [0.1, 0.15) is 0 Å². The summed E-state index contributed by atoms with van der Waals surface area (Å²) >= 11 is 0. The zero-order valence-electron chi connectivity index (χ0n) is 9.42. The number of hydrogen-bond donors (Lipinski definition) is 2. The summed E-state index contributed by atoms with van der Waals surface area (Å²) < 4.78 is 0. The fourth-order valence-electron chi connectivity index (χ4n) is 2.80. The van der Waals surface area contributed by atoms with Crippen molar-refractivity contribution in [1.82, 2.24) is 5.32 Å². The molecule has 2 fully saturated rings. The second-order valence-electron chi connectivity index (χ2n) is 5.51. The molecule has 3 unspecified atom stereocenters. The van der Waals surface area contributed by atoms with E-state index in [9.17, 15) is 5.11 Å². The molecule has 0 aromatic heterocycles. The number of hydrogen-bond acceptors (Lipinski definition) is 2. The van der Waals surface area contributed by atoms with Crippen LogP contribution in [0.5, 0.6) is 0 Å². The van der Waals surface area contributed by atoms with Gasteiger partial charge in [-0.15, -0.1) is 0 Å². The molecule has 0 amide bonds. The largest absolute Gasteiger partial charge is 0.394 e. The van der Waals surface area contributed by atoms with Crippen LogP contribution >= 0.6 is 0 Å². The highest BCUT2D eigenvalue weighted by atomic mass is 16.3. The molecule has 0 saturated heterocycles. The van der Waals surface area contributed by atoms with Crippen molar-refractivity contribution in [2.75, 3.05) is 6.61 Å². The van der Waals surface area contributed by atoms with Crippen LogP contribution in [0.25, 0.3) is 0 Å². The molecule has 0 spiro atoms. The second-order valence-corrected chi connectivity index (χ2v) is 5.51. The lowest BCUT2D eigenvalue weighted by atomic mass is 9.93. The first-order valence-electron chi connectivity index (χ1n) is 6.04. The first-order chi connectivity index (χ1) is 6.65. The van der Waals surface area contributed by atoms with Crippen molar-refractivity contribution in [2.24, 2.45) is 11.8 Å². The minimum absolute atomic E-state index is 0.00324. The van der Waals surface area contributed by atoms with Crippen LogP contribution in [0.3, 0.4) is 0 Å². The maximum atomic E-state index is 9.48. The molecule has 0 heterocycles. The number of nitrogens with one attached hydrogen (secondary N) is 1. The lowest BCUT2D eigenvalue weighted by Crippen LogP contribution is -2.53. The summed E-state index contributed by atoms with van der Waals surface area (Å²) in [5.74, 6) is 1.51. The third-order valence-electron chi connectivity index (χ3n) is 4.18. The quantitative estimate of drug-likeness (QED) is 0.721. The monoisotopic (exact) mass is 197 g/mol. The van der Waals surface area contributed by atoms with Gasteiger partial charge in [-0.2, -0.15) is 0 Å². The Morgan fingerprint density at radius 2 is 2.00 bits per heavy atom. The Balaban J connectivity index is 1.93. The Bertz CT molecular complexity index is 202. The van der Waals surface area contributed by atoms with Gasteiger partial charge in [-0.3, -0.25) is 0 Å². The SMILES string of the molecule is CC1CCCC1NC(C)(CO)C1CC1. The van der Waals surface area contributed by atoms with Crippen LogP contribution in [-0.4, -0.2) is 23.3 Å². The van der Waals surface area contributed by atoms with E-state index in [-0.39, 0.29) is 5.54 Å². The normalized spacial score (nSPS) is 37.1. The standard InChI is InChI=1S/C12H23NO/c1-9-4-3-5-11(9)13-12(2,8-14)10-6-7-10/h9-11,13-14H,3-8H2,1-2H3. The lowest BCUT2D eigenvalue weighted by molar-refractivity contribution is 0.135. The van der Waals surface area contributed by atoms with E-state index >= 15 is 0 Å². The first kappa shape index (κ1) is 10.4. The van der Waals surface area contributed by atoms with Crippen molar-refractivity contribution >= 4 is 0 Å². The topological polar surface area (TPSA) is 32.3 Å². The Labute approximate surface area is 87.1 Å². The van der Waals surface area contributed by atoms with Crippen molar-refractivity contribution in [3.8, 4) is 0 Å². The van der Waals surface area contributed by atoms with Gasteiger partial charge in [-0.05, 0) is 44.4 Å². The molecular weight excluding hydrogens is 174 g/mol. The predicted molar refractivity (Wildman–Crippen MR) is 58.2 cm³/mol. The van der Waals surface area contributed by atoms with E-state index in [1.54, 1.807) is 0 Å². The average molecular weight is 197 g/mol. The molecule has 0 radical (unpaired) electrons. The maximum Gasteiger partial charge on any atom is 0.0613 e. The van der Waals surface area contributed by atoms with E-state index in [1.807, 2.05) is 0 Å². The van der Waals surface area contributed by atoms with Crippen LogP contribution in [0, 0.1) is 11.8 Å². The van der Waals surface area contributed by atoms with E-state index in [0.717, 1.165) is 11.8 Å². The van der Waals surface area contributed by atoms with E-state index in [0.29, 0.717) is 12.6 Å². The van der Waals surface area contributed by atoms with Gasteiger partial charge in [-0.25, -0.2) is 0 Å². The molecule has 3 atom stereocenters. The predicted octanol–water partition coefficient (Wildman–Crippen LogP) is 1.93. The average Bonchev–Trinajstić information content (AvgIpc) is 2.95. The molecule has 2 aliphatic carbocycles. The summed E-state index contributed by atoms with van der Waals surface area (Å²) in [6.45, 7) is 4.81. The third kappa shape index (κ3) is 1.96.